The monoisotopic (exact) mass is 302 g/mol. The Hall–Kier alpha value is -1.58. The third-order valence-electron chi connectivity index (χ3n) is 4.43. The summed E-state index contributed by atoms with van der Waals surface area (Å²) in [5.41, 5.74) is 1.11. The van der Waals surface area contributed by atoms with Crippen molar-refractivity contribution in [1.82, 2.24) is 15.6 Å². The highest BCUT2D eigenvalue weighted by atomic mass is 15.2. The number of rotatable bonds is 8. The highest BCUT2D eigenvalue weighted by Gasteiger charge is 2.13. The van der Waals surface area contributed by atoms with Crippen LogP contribution in [-0.4, -0.2) is 31.1 Å². The second-order valence-corrected chi connectivity index (χ2v) is 6.14. The van der Waals surface area contributed by atoms with Gasteiger partial charge in [-0.25, -0.2) is 0 Å². The summed E-state index contributed by atoms with van der Waals surface area (Å²) >= 11 is 0. The zero-order chi connectivity index (χ0) is 15.5. The van der Waals surface area contributed by atoms with Gasteiger partial charge < -0.3 is 10.6 Å². The highest BCUT2D eigenvalue weighted by molar-refractivity contribution is 5.79. The topological polar surface area (TPSA) is 49.3 Å². The molecule has 4 heteroatoms. The molecule has 1 fully saturated rings. The van der Waals surface area contributed by atoms with Crippen molar-refractivity contribution in [2.24, 2.45) is 10.9 Å². The minimum absolute atomic E-state index is 0.860. The number of guanidine groups is 1. The van der Waals surface area contributed by atoms with Gasteiger partial charge in [0.1, 0.15) is 0 Å². The summed E-state index contributed by atoms with van der Waals surface area (Å²) in [6.45, 7) is 1.87. The third-order valence-corrected chi connectivity index (χ3v) is 4.43. The SMILES string of the molecule is CN=C(NCCCCC1CCCC1)NCCc1ccccn1. The molecule has 1 heterocycles. The molecule has 0 amide bonds. The minimum Gasteiger partial charge on any atom is -0.356 e. The van der Waals surface area contributed by atoms with Gasteiger partial charge in [-0.2, -0.15) is 0 Å². The molecule has 2 rings (SSSR count). The largest absolute Gasteiger partial charge is 0.356 e. The molecule has 122 valence electrons. The van der Waals surface area contributed by atoms with Crippen LogP contribution in [0, 0.1) is 5.92 Å². The van der Waals surface area contributed by atoms with Crippen LogP contribution in [0.5, 0.6) is 0 Å². The molecule has 0 bridgehead atoms. The van der Waals surface area contributed by atoms with Crippen molar-refractivity contribution in [3.63, 3.8) is 0 Å². The van der Waals surface area contributed by atoms with E-state index < -0.39 is 0 Å². The molecule has 0 unspecified atom stereocenters. The van der Waals surface area contributed by atoms with E-state index in [1.807, 2.05) is 25.4 Å². The Morgan fingerprint density at radius 3 is 2.73 bits per heavy atom. The second kappa shape index (κ2) is 10.2. The molecule has 0 atom stereocenters. The average Bonchev–Trinajstić information content (AvgIpc) is 3.07. The summed E-state index contributed by atoms with van der Waals surface area (Å²) in [4.78, 5) is 8.59. The van der Waals surface area contributed by atoms with Gasteiger partial charge in [-0.3, -0.25) is 9.98 Å². The van der Waals surface area contributed by atoms with Crippen LogP contribution >= 0.6 is 0 Å². The minimum atomic E-state index is 0.860. The number of hydrogen-bond donors (Lipinski definition) is 2. The van der Waals surface area contributed by atoms with Crippen LogP contribution in [0.3, 0.4) is 0 Å². The fourth-order valence-electron chi connectivity index (χ4n) is 3.14. The standard InChI is InChI=1S/C18H30N4/c1-19-18(22-15-12-17-11-5-7-13-20-17)21-14-6-4-10-16-8-2-3-9-16/h5,7,11,13,16H,2-4,6,8-10,12,14-15H2,1H3,(H2,19,21,22). The number of nitrogens with one attached hydrogen (secondary N) is 2. The Bertz CT molecular complexity index is 424. The van der Waals surface area contributed by atoms with Crippen molar-refractivity contribution in [3.05, 3.63) is 30.1 Å². The smallest absolute Gasteiger partial charge is 0.190 e. The third kappa shape index (κ3) is 6.46. The van der Waals surface area contributed by atoms with E-state index in [1.165, 1.54) is 44.9 Å². The van der Waals surface area contributed by atoms with Gasteiger partial charge in [0.2, 0.25) is 0 Å². The molecule has 0 radical (unpaired) electrons. The van der Waals surface area contributed by atoms with E-state index in [0.717, 1.165) is 37.1 Å². The Labute approximate surface area is 134 Å². The van der Waals surface area contributed by atoms with Gasteiger partial charge in [0.05, 0.1) is 0 Å². The number of nitrogens with zero attached hydrogens (tertiary/aromatic N) is 2. The van der Waals surface area contributed by atoms with Crippen molar-refractivity contribution in [3.8, 4) is 0 Å². The van der Waals surface area contributed by atoms with E-state index >= 15 is 0 Å². The van der Waals surface area contributed by atoms with Gasteiger partial charge in [0, 0.05) is 38.4 Å². The molecule has 1 aliphatic rings. The molecule has 1 aromatic rings. The number of hydrogen-bond acceptors (Lipinski definition) is 2. The molecule has 1 aromatic heterocycles. The molecule has 1 saturated carbocycles. The summed E-state index contributed by atoms with van der Waals surface area (Å²) in [6.07, 6.45) is 12.6. The van der Waals surface area contributed by atoms with E-state index in [4.69, 9.17) is 0 Å². The molecule has 0 aromatic carbocycles. The molecule has 0 spiro atoms. The molecular formula is C18H30N4. The lowest BCUT2D eigenvalue weighted by Gasteiger charge is -2.12. The molecule has 0 aliphatic heterocycles. The molecule has 2 N–H and O–H groups in total. The van der Waals surface area contributed by atoms with Gasteiger partial charge in [-0.05, 0) is 24.5 Å². The van der Waals surface area contributed by atoms with Crippen molar-refractivity contribution >= 4 is 5.96 Å². The van der Waals surface area contributed by atoms with Crippen molar-refractivity contribution < 1.29 is 0 Å². The van der Waals surface area contributed by atoms with Crippen LogP contribution in [0.4, 0.5) is 0 Å². The van der Waals surface area contributed by atoms with Gasteiger partial charge in [-0.1, -0.05) is 44.6 Å². The Morgan fingerprint density at radius 1 is 1.18 bits per heavy atom. The summed E-state index contributed by atoms with van der Waals surface area (Å²) in [6, 6.07) is 6.03. The summed E-state index contributed by atoms with van der Waals surface area (Å²) in [7, 11) is 1.83. The summed E-state index contributed by atoms with van der Waals surface area (Å²) in [5.74, 6) is 1.91. The first-order chi connectivity index (χ1) is 10.9. The fraction of sp³-hybridized carbons (Fsp3) is 0.667. The summed E-state index contributed by atoms with van der Waals surface area (Å²) in [5, 5.41) is 6.75. The zero-order valence-corrected chi connectivity index (χ0v) is 13.9. The molecule has 1 aliphatic carbocycles. The molecule has 4 nitrogen and oxygen atoms in total. The van der Waals surface area contributed by atoms with Crippen LogP contribution in [0.1, 0.15) is 50.6 Å². The molecule has 0 saturated heterocycles. The predicted octanol–water partition coefficient (Wildman–Crippen LogP) is 3.15. The van der Waals surface area contributed by atoms with Crippen LogP contribution in [-0.2, 0) is 6.42 Å². The number of aliphatic imine (C=N–C) groups is 1. The molecule has 22 heavy (non-hydrogen) atoms. The lowest BCUT2D eigenvalue weighted by Crippen LogP contribution is -2.38. The Kier molecular flexibility index (Phi) is 7.78. The van der Waals surface area contributed by atoms with Gasteiger partial charge in [-0.15, -0.1) is 0 Å². The zero-order valence-electron chi connectivity index (χ0n) is 13.9. The van der Waals surface area contributed by atoms with E-state index in [2.05, 4.69) is 26.7 Å². The maximum absolute atomic E-state index is 4.33. The normalized spacial score (nSPS) is 16.0. The Balaban J connectivity index is 1.51. The maximum Gasteiger partial charge on any atom is 0.190 e. The Morgan fingerprint density at radius 2 is 2.00 bits per heavy atom. The lowest BCUT2D eigenvalue weighted by atomic mass is 10.0. The highest BCUT2D eigenvalue weighted by Crippen LogP contribution is 2.28. The number of aromatic nitrogens is 1. The number of pyridine rings is 1. The van der Waals surface area contributed by atoms with E-state index in [-0.39, 0.29) is 0 Å². The van der Waals surface area contributed by atoms with E-state index in [1.54, 1.807) is 0 Å². The van der Waals surface area contributed by atoms with Crippen LogP contribution in [0.15, 0.2) is 29.4 Å². The van der Waals surface area contributed by atoms with E-state index in [9.17, 15) is 0 Å². The number of unbranched alkanes of at least 4 members (excludes halogenated alkanes) is 1. The van der Waals surface area contributed by atoms with E-state index in [0.29, 0.717) is 0 Å². The molecular weight excluding hydrogens is 272 g/mol. The lowest BCUT2D eigenvalue weighted by molar-refractivity contribution is 0.472. The van der Waals surface area contributed by atoms with Crippen molar-refractivity contribution in [1.29, 1.82) is 0 Å². The summed E-state index contributed by atoms with van der Waals surface area (Å²) < 4.78 is 0. The van der Waals surface area contributed by atoms with Crippen molar-refractivity contribution in [2.45, 2.75) is 51.4 Å². The van der Waals surface area contributed by atoms with Crippen LogP contribution in [0.25, 0.3) is 0 Å². The first-order valence-electron chi connectivity index (χ1n) is 8.73. The average molecular weight is 302 g/mol. The fourth-order valence-corrected chi connectivity index (χ4v) is 3.14. The first kappa shape index (κ1) is 16.8. The van der Waals surface area contributed by atoms with Crippen molar-refractivity contribution in [2.75, 3.05) is 20.1 Å². The maximum atomic E-state index is 4.33. The predicted molar refractivity (Wildman–Crippen MR) is 93.1 cm³/mol. The van der Waals surface area contributed by atoms with Crippen LogP contribution < -0.4 is 10.6 Å². The van der Waals surface area contributed by atoms with Gasteiger partial charge >= 0.3 is 0 Å². The quantitative estimate of drug-likeness (QED) is 0.440. The first-order valence-corrected chi connectivity index (χ1v) is 8.73. The van der Waals surface area contributed by atoms with Gasteiger partial charge in [0.25, 0.3) is 0 Å². The second-order valence-electron chi connectivity index (χ2n) is 6.14. The van der Waals surface area contributed by atoms with Gasteiger partial charge in [0.15, 0.2) is 5.96 Å². The van der Waals surface area contributed by atoms with Crippen LogP contribution in [0.2, 0.25) is 0 Å².